The number of hydrogen-bond donors (Lipinski definition) is 2. The molecule has 1 aromatic heterocycles. The summed E-state index contributed by atoms with van der Waals surface area (Å²) >= 11 is 0. The number of imidazole rings is 1. The first-order chi connectivity index (χ1) is 19.7. The average Bonchev–Trinajstić information content (AvgIpc) is 3.36. The molecule has 0 amide bonds. The van der Waals surface area contributed by atoms with Gasteiger partial charge in [0.1, 0.15) is 18.3 Å². The highest BCUT2D eigenvalue weighted by molar-refractivity contribution is 6.03. The predicted molar refractivity (Wildman–Crippen MR) is 152 cm³/mol. The maximum absolute atomic E-state index is 12.7. The number of rotatable bonds is 11. The lowest BCUT2D eigenvalue weighted by atomic mass is 10.0. The SMILES string of the molecule is CC(=O)OCOC(=O)CCc1ccc(-c2nc(-c3ccc(C(=O)OCc4ccccc4)cc3C(=N)N)cn2C)cc1. The van der Waals surface area contributed by atoms with Gasteiger partial charge in [0.2, 0.25) is 6.79 Å². The number of nitrogens with zero attached hydrogens (tertiary/aromatic N) is 2. The van der Waals surface area contributed by atoms with Crippen LogP contribution in [0.25, 0.3) is 22.6 Å². The number of carbonyl (C=O) groups is 3. The van der Waals surface area contributed by atoms with Crippen LogP contribution in [0.5, 0.6) is 0 Å². The standard InChI is InChI=1S/C31H30N4O6/c1-20(36)40-19-41-28(37)15-10-21-8-11-23(12-9-21)30-34-27(17-35(30)2)25-14-13-24(16-26(25)29(32)33)31(38)39-18-22-6-4-3-5-7-22/h3-9,11-14,16-17H,10,15,18-19H2,1-2H3,(H3,32,33). The molecule has 3 aromatic carbocycles. The summed E-state index contributed by atoms with van der Waals surface area (Å²) in [6.07, 6.45) is 2.45. The number of nitrogen functional groups attached to an aromatic ring is 1. The van der Waals surface area contributed by atoms with Crippen molar-refractivity contribution in [3.05, 3.63) is 101 Å². The summed E-state index contributed by atoms with van der Waals surface area (Å²) in [7, 11) is 1.86. The highest BCUT2D eigenvalue weighted by Gasteiger charge is 2.17. The van der Waals surface area contributed by atoms with Crippen LogP contribution in [0.4, 0.5) is 0 Å². The number of ether oxygens (including phenoxy) is 3. The lowest BCUT2D eigenvalue weighted by Gasteiger charge is -2.10. The number of benzene rings is 3. The van der Waals surface area contributed by atoms with Crippen LogP contribution in [0, 0.1) is 5.41 Å². The summed E-state index contributed by atoms with van der Waals surface area (Å²) in [6, 6.07) is 21.9. The van der Waals surface area contributed by atoms with Crippen LogP contribution in [0.2, 0.25) is 0 Å². The van der Waals surface area contributed by atoms with Crippen molar-refractivity contribution in [1.29, 1.82) is 5.41 Å². The molecule has 0 spiro atoms. The predicted octanol–water partition coefficient (Wildman–Crippen LogP) is 4.39. The average molecular weight is 555 g/mol. The number of aryl methyl sites for hydroxylation is 2. The zero-order chi connectivity index (χ0) is 29.4. The van der Waals surface area contributed by atoms with Gasteiger partial charge in [-0.1, -0.05) is 60.7 Å². The Kier molecular flexibility index (Phi) is 9.26. The number of aromatic nitrogens is 2. The minimum absolute atomic E-state index is 0.138. The molecule has 41 heavy (non-hydrogen) atoms. The van der Waals surface area contributed by atoms with Gasteiger partial charge in [-0.05, 0) is 29.7 Å². The highest BCUT2D eigenvalue weighted by atomic mass is 16.7. The van der Waals surface area contributed by atoms with Crippen molar-refractivity contribution >= 4 is 23.7 Å². The summed E-state index contributed by atoms with van der Waals surface area (Å²) < 4.78 is 16.8. The lowest BCUT2D eigenvalue weighted by molar-refractivity contribution is -0.165. The normalized spacial score (nSPS) is 10.6. The largest absolute Gasteiger partial charge is 0.457 e. The van der Waals surface area contributed by atoms with Gasteiger partial charge < -0.3 is 24.5 Å². The molecule has 0 saturated carbocycles. The van der Waals surface area contributed by atoms with Gasteiger partial charge in [-0.25, -0.2) is 9.78 Å². The summed E-state index contributed by atoms with van der Waals surface area (Å²) in [5.74, 6) is -0.989. The van der Waals surface area contributed by atoms with Crippen LogP contribution in [0.3, 0.4) is 0 Å². The summed E-state index contributed by atoms with van der Waals surface area (Å²) in [4.78, 5) is 40.0. The fourth-order valence-electron chi connectivity index (χ4n) is 4.11. The van der Waals surface area contributed by atoms with Crippen LogP contribution in [-0.2, 0) is 43.9 Å². The Morgan fingerprint density at radius 2 is 1.66 bits per heavy atom. The first kappa shape index (κ1) is 28.8. The minimum Gasteiger partial charge on any atom is -0.457 e. The van der Waals surface area contributed by atoms with E-state index in [4.69, 9.17) is 25.6 Å². The van der Waals surface area contributed by atoms with Gasteiger partial charge in [-0.2, -0.15) is 0 Å². The van der Waals surface area contributed by atoms with E-state index in [0.717, 1.165) is 16.7 Å². The second kappa shape index (κ2) is 13.2. The molecule has 210 valence electrons. The molecule has 0 aliphatic rings. The molecule has 3 N–H and O–H groups in total. The molecule has 0 fully saturated rings. The molecule has 0 aliphatic heterocycles. The molecule has 4 aromatic rings. The third-order valence-electron chi connectivity index (χ3n) is 6.22. The fourth-order valence-corrected chi connectivity index (χ4v) is 4.11. The third kappa shape index (κ3) is 7.66. The van der Waals surface area contributed by atoms with Gasteiger partial charge in [0.25, 0.3) is 0 Å². The van der Waals surface area contributed by atoms with Crippen molar-refractivity contribution in [2.45, 2.75) is 26.4 Å². The minimum atomic E-state index is -0.514. The van der Waals surface area contributed by atoms with E-state index in [2.05, 4.69) is 4.74 Å². The van der Waals surface area contributed by atoms with E-state index < -0.39 is 17.9 Å². The van der Waals surface area contributed by atoms with Gasteiger partial charge in [-0.3, -0.25) is 15.0 Å². The molecule has 0 aliphatic carbocycles. The van der Waals surface area contributed by atoms with Crippen molar-refractivity contribution in [2.24, 2.45) is 12.8 Å². The number of carbonyl (C=O) groups excluding carboxylic acids is 3. The second-order valence-corrected chi connectivity index (χ2v) is 9.26. The van der Waals surface area contributed by atoms with E-state index in [-0.39, 0.29) is 31.2 Å². The van der Waals surface area contributed by atoms with Crippen LogP contribution >= 0.6 is 0 Å². The zero-order valence-electron chi connectivity index (χ0n) is 22.8. The number of amidine groups is 1. The molecular weight excluding hydrogens is 524 g/mol. The number of hydrogen-bond acceptors (Lipinski definition) is 8. The molecule has 10 heteroatoms. The van der Waals surface area contributed by atoms with Gasteiger partial charge in [-0.15, -0.1) is 0 Å². The monoisotopic (exact) mass is 554 g/mol. The van der Waals surface area contributed by atoms with Crippen molar-refractivity contribution in [3.8, 4) is 22.6 Å². The fraction of sp³-hybridized carbons (Fsp3) is 0.194. The van der Waals surface area contributed by atoms with Crippen LogP contribution < -0.4 is 5.73 Å². The quantitative estimate of drug-likeness (QED) is 0.120. The van der Waals surface area contributed by atoms with Crippen molar-refractivity contribution < 1.29 is 28.6 Å². The molecule has 1 heterocycles. The van der Waals surface area contributed by atoms with Gasteiger partial charge >= 0.3 is 17.9 Å². The Morgan fingerprint density at radius 3 is 2.34 bits per heavy atom. The highest BCUT2D eigenvalue weighted by Crippen LogP contribution is 2.28. The first-order valence-corrected chi connectivity index (χ1v) is 12.8. The van der Waals surface area contributed by atoms with Gasteiger partial charge in [0.15, 0.2) is 0 Å². The van der Waals surface area contributed by atoms with Crippen LogP contribution in [0.15, 0.2) is 79.0 Å². The Hall–Kier alpha value is -5.25. The lowest BCUT2D eigenvalue weighted by Crippen LogP contribution is -2.14. The number of esters is 3. The maximum Gasteiger partial charge on any atom is 0.338 e. The number of nitrogens with one attached hydrogen (secondary N) is 1. The zero-order valence-corrected chi connectivity index (χ0v) is 22.8. The molecule has 0 radical (unpaired) electrons. The first-order valence-electron chi connectivity index (χ1n) is 12.8. The van der Waals surface area contributed by atoms with E-state index in [1.165, 1.54) is 6.92 Å². The second-order valence-electron chi connectivity index (χ2n) is 9.26. The molecule has 0 saturated heterocycles. The van der Waals surface area contributed by atoms with Gasteiger partial charge in [0.05, 0.1) is 11.3 Å². The smallest absolute Gasteiger partial charge is 0.338 e. The Morgan fingerprint density at radius 1 is 0.927 bits per heavy atom. The molecule has 0 bridgehead atoms. The Labute approximate surface area is 237 Å². The van der Waals surface area contributed by atoms with Crippen molar-refractivity contribution in [2.75, 3.05) is 6.79 Å². The summed E-state index contributed by atoms with van der Waals surface area (Å²) in [5.41, 5.74) is 10.4. The Bertz CT molecular complexity index is 1560. The molecule has 4 rings (SSSR count). The van der Waals surface area contributed by atoms with E-state index >= 15 is 0 Å². The molecular formula is C31H30N4O6. The van der Waals surface area contributed by atoms with E-state index in [1.54, 1.807) is 18.2 Å². The van der Waals surface area contributed by atoms with E-state index in [9.17, 15) is 14.4 Å². The van der Waals surface area contributed by atoms with E-state index in [1.807, 2.05) is 72.4 Å². The number of nitrogens with two attached hydrogens (primary N) is 1. The molecule has 10 nitrogen and oxygen atoms in total. The summed E-state index contributed by atoms with van der Waals surface area (Å²) in [5, 5.41) is 8.11. The van der Waals surface area contributed by atoms with Crippen LogP contribution in [-0.4, -0.2) is 40.1 Å². The van der Waals surface area contributed by atoms with Gasteiger partial charge in [0, 0.05) is 43.3 Å². The molecule has 0 atom stereocenters. The molecule has 0 unspecified atom stereocenters. The topological polar surface area (TPSA) is 147 Å². The Balaban J connectivity index is 1.45. The van der Waals surface area contributed by atoms with E-state index in [0.29, 0.717) is 29.1 Å². The van der Waals surface area contributed by atoms with Crippen LogP contribution in [0.1, 0.15) is 40.4 Å². The van der Waals surface area contributed by atoms with Crippen molar-refractivity contribution in [1.82, 2.24) is 9.55 Å². The van der Waals surface area contributed by atoms with Crippen molar-refractivity contribution in [3.63, 3.8) is 0 Å². The maximum atomic E-state index is 12.7. The third-order valence-corrected chi connectivity index (χ3v) is 6.22. The summed E-state index contributed by atoms with van der Waals surface area (Å²) in [6.45, 7) is 0.991.